The van der Waals surface area contributed by atoms with Gasteiger partial charge < -0.3 is 24.4 Å². The minimum atomic E-state index is -0.308. The van der Waals surface area contributed by atoms with Crippen molar-refractivity contribution in [3.05, 3.63) is 60.6 Å². The maximum absolute atomic E-state index is 13.0. The molecule has 2 aromatic carbocycles. The SMILES string of the molecule is O=C(Nc1ccc2c(c1)OCO2)c1n[nH]c2ccc(-c3cncc(N4CCOCC4)c3)cc12. The van der Waals surface area contributed by atoms with Crippen LogP contribution in [0.15, 0.2) is 54.9 Å². The molecule has 0 spiro atoms. The Labute approximate surface area is 189 Å². The minimum Gasteiger partial charge on any atom is -0.454 e. The molecule has 2 aromatic heterocycles. The maximum atomic E-state index is 13.0. The Morgan fingerprint density at radius 1 is 0.970 bits per heavy atom. The highest BCUT2D eigenvalue weighted by Crippen LogP contribution is 2.34. The van der Waals surface area contributed by atoms with E-state index in [0.29, 0.717) is 36.1 Å². The van der Waals surface area contributed by atoms with Gasteiger partial charge >= 0.3 is 0 Å². The molecule has 2 aliphatic rings. The Morgan fingerprint density at radius 2 is 1.85 bits per heavy atom. The van der Waals surface area contributed by atoms with Gasteiger partial charge in [0.05, 0.1) is 30.6 Å². The number of carbonyl (C=O) groups excluding carboxylic acids is 1. The molecule has 0 bridgehead atoms. The lowest BCUT2D eigenvalue weighted by Gasteiger charge is -2.28. The molecule has 9 nitrogen and oxygen atoms in total. The van der Waals surface area contributed by atoms with Gasteiger partial charge in [0.1, 0.15) is 0 Å². The Balaban J connectivity index is 1.29. The average Bonchev–Trinajstić information content (AvgIpc) is 3.51. The second-order valence-corrected chi connectivity index (χ2v) is 7.89. The van der Waals surface area contributed by atoms with Gasteiger partial charge in [-0.2, -0.15) is 5.10 Å². The van der Waals surface area contributed by atoms with Crippen LogP contribution in [0.2, 0.25) is 0 Å². The number of benzene rings is 2. The summed E-state index contributed by atoms with van der Waals surface area (Å²) < 4.78 is 16.2. The number of anilines is 2. The van der Waals surface area contributed by atoms with Gasteiger partial charge in [-0.3, -0.25) is 14.9 Å². The van der Waals surface area contributed by atoms with Gasteiger partial charge in [-0.05, 0) is 35.9 Å². The molecular weight excluding hydrogens is 422 g/mol. The van der Waals surface area contributed by atoms with E-state index in [9.17, 15) is 4.79 Å². The van der Waals surface area contributed by atoms with Crippen LogP contribution in [0, 0.1) is 0 Å². The molecule has 4 aromatic rings. The van der Waals surface area contributed by atoms with Crippen molar-refractivity contribution in [2.24, 2.45) is 0 Å². The summed E-state index contributed by atoms with van der Waals surface area (Å²) in [5, 5.41) is 10.8. The van der Waals surface area contributed by atoms with E-state index in [0.717, 1.165) is 40.8 Å². The van der Waals surface area contributed by atoms with Crippen LogP contribution in [0.5, 0.6) is 11.5 Å². The predicted octanol–water partition coefficient (Wildman–Crippen LogP) is 3.44. The molecule has 9 heteroatoms. The number of ether oxygens (including phenoxy) is 3. The number of pyridine rings is 1. The highest BCUT2D eigenvalue weighted by molar-refractivity contribution is 6.11. The van der Waals surface area contributed by atoms with Crippen LogP contribution in [0.25, 0.3) is 22.0 Å². The Bertz CT molecular complexity index is 1350. The Hall–Kier alpha value is -4.11. The fourth-order valence-corrected chi connectivity index (χ4v) is 4.11. The number of aromatic amines is 1. The number of nitrogens with one attached hydrogen (secondary N) is 2. The molecule has 6 rings (SSSR count). The normalized spacial score (nSPS) is 15.1. The fourth-order valence-electron chi connectivity index (χ4n) is 4.11. The lowest BCUT2D eigenvalue weighted by molar-refractivity contribution is 0.102. The highest BCUT2D eigenvalue weighted by Gasteiger charge is 2.18. The minimum absolute atomic E-state index is 0.182. The molecular formula is C24H21N5O4. The Morgan fingerprint density at radius 3 is 2.76 bits per heavy atom. The fraction of sp³-hybridized carbons (Fsp3) is 0.208. The lowest BCUT2D eigenvalue weighted by atomic mass is 10.0. The molecule has 2 aliphatic heterocycles. The van der Waals surface area contributed by atoms with E-state index in [1.807, 2.05) is 30.6 Å². The zero-order valence-electron chi connectivity index (χ0n) is 17.7. The van der Waals surface area contributed by atoms with Crippen LogP contribution < -0.4 is 19.7 Å². The van der Waals surface area contributed by atoms with E-state index < -0.39 is 0 Å². The third kappa shape index (κ3) is 3.72. The number of fused-ring (bicyclic) bond motifs is 2. The van der Waals surface area contributed by atoms with Gasteiger partial charge in [-0.1, -0.05) is 6.07 Å². The van der Waals surface area contributed by atoms with Crippen LogP contribution in [0.4, 0.5) is 11.4 Å². The summed E-state index contributed by atoms with van der Waals surface area (Å²) in [7, 11) is 0. The molecule has 1 amide bonds. The second kappa shape index (κ2) is 8.10. The first-order valence-electron chi connectivity index (χ1n) is 10.7. The number of rotatable bonds is 4. The zero-order chi connectivity index (χ0) is 22.2. The summed E-state index contributed by atoms with van der Waals surface area (Å²) in [4.78, 5) is 19.7. The van der Waals surface area contributed by atoms with Gasteiger partial charge in [-0.15, -0.1) is 0 Å². The van der Waals surface area contributed by atoms with Gasteiger partial charge in [0, 0.05) is 42.0 Å². The number of nitrogens with zero attached hydrogens (tertiary/aromatic N) is 3. The third-order valence-electron chi connectivity index (χ3n) is 5.84. The summed E-state index contributed by atoms with van der Waals surface area (Å²) in [6, 6.07) is 13.3. The van der Waals surface area contributed by atoms with Crippen molar-refractivity contribution in [3.8, 4) is 22.6 Å². The molecule has 0 unspecified atom stereocenters. The van der Waals surface area contributed by atoms with Gasteiger partial charge in [0.25, 0.3) is 5.91 Å². The number of carbonyl (C=O) groups is 1. The van der Waals surface area contributed by atoms with E-state index in [1.165, 1.54) is 0 Å². The summed E-state index contributed by atoms with van der Waals surface area (Å²) in [5.74, 6) is 0.961. The van der Waals surface area contributed by atoms with Gasteiger partial charge in [0.2, 0.25) is 6.79 Å². The molecule has 0 atom stereocenters. The van der Waals surface area contributed by atoms with Crippen molar-refractivity contribution in [2.45, 2.75) is 0 Å². The standard InChI is InChI=1S/C24H21N5O4/c30-24(26-17-2-4-21-22(11-17)33-14-32-21)23-19-10-15(1-3-20(19)27-28-23)16-9-18(13-25-12-16)29-5-7-31-8-6-29/h1-4,9-13H,5-8,14H2,(H,26,30)(H,27,28). The Kier molecular flexibility index (Phi) is 4.80. The molecule has 4 heterocycles. The predicted molar refractivity (Wildman–Crippen MR) is 123 cm³/mol. The van der Waals surface area contributed by atoms with E-state index in [4.69, 9.17) is 14.2 Å². The first-order valence-corrected chi connectivity index (χ1v) is 10.7. The first kappa shape index (κ1) is 19.6. The number of hydrogen-bond donors (Lipinski definition) is 2. The average molecular weight is 443 g/mol. The van der Waals surface area contributed by atoms with Crippen molar-refractivity contribution in [1.29, 1.82) is 0 Å². The third-order valence-corrected chi connectivity index (χ3v) is 5.84. The van der Waals surface area contributed by atoms with Crippen LogP contribution in [-0.4, -0.2) is 54.2 Å². The molecule has 1 fully saturated rings. The smallest absolute Gasteiger partial charge is 0.276 e. The highest BCUT2D eigenvalue weighted by atomic mass is 16.7. The first-order chi connectivity index (χ1) is 16.2. The molecule has 166 valence electrons. The molecule has 1 saturated heterocycles. The second-order valence-electron chi connectivity index (χ2n) is 7.89. The van der Waals surface area contributed by atoms with Gasteiger partial charge in [-0.25, -0.2) is 0 Å². The van der Waals surface area contributed by atoms with Crippen molar-refractivity contribution in [2.75, 3.05) is 43.3 Å². The molecule has 33 heavy (non-hydrogen) atoms. The van der Waals surface area contributed by atoms with Crippen LogP contribution >= 0.6 is 0 Å². The number of amides is 1. The van der Waals surface area contributed by atoms with E-state index in [1.54, 1.807) is 18.2 Å². The monoisotopic (exact) mass is 443 g/mol. The van der Waals surface area contributed by atoms with Crippen molar-refractivity contribution in [1.82, 2.24) is 15.2 Å². The number of H-pyrrole nitrogens is 1. The maximum Gasteiger partial charge on any atom is 0.276 e. The molecule has 0 saturated carbocycles. The van der Waals surface area contributed by atoms with Crippen LogP contribution in [0.1, 0.15) is 10.5 Å². The number of hydrogen-bond acceptors (Lipinski definition) is 7. The zero-order valence-corrected chi connectivity index (χ0v) is 17.7. The topological polar surface area (TPSA) is 102 Å². The van der Waals surface area contributed by atoms with Crippen LogP contribution in [0.3, 0.4) is 0 Å². The molecule has 2 N–H and O–H groups in total. The number of aromatic nitrogens is 3. The summed E-state index contributed by atoms with van der Waals surface area (Å²) >= 11 is 0. The van der Waals surface area contributed by atoms with E-state index in [2.05, 4.69) is 31.5 Å². The largest absolute Gasteiger partial charge is 0.454 e. The van der Waals surface area contributed by atoms with E-state index in [-0.39, 0.29) is 12.7 Å². The van der Waals surface area contributed by atoms with Crippen molar-refractivity contribution < 1.29 is 19.0 Å². The quantitative estimate of drug-likeness (QED) is 0.498. The summed E-state index contributed by atoms with van der Waals surface area (Å²) in [5.41, 5.74) is 4.71. The summed E-state index contributed by atoms with van der Waals surface area (Å²) in [6.07, 6.45) is 3.70. The summed E-state index contributed by atoms with van der Waals surface area (Å²) in [6.45, 7) is 3.30. The van der Waals surface area contributed by atoms with Crippen LogP contribution in [-0.2, 0) is 4.74 Å². The lowest BCUT2D eigenvalue weighted by Crippen LogP contribution is -2.36. The molecule has 0 radical (unpaired) electrons. The van der Waals surface area contributed by atoms with Crippen molar-refractivity contribution in [3.63, 3.8) is 0 Å². The molecule has 0 aliphatic carbocycles. The van der Waals surface area contributed by atoms with Crippen molar-refractivity contribution >= 4 is 28.2 Å². The van der Waals surface area contributed by atoms with Gasteiger partial charge in [0.15, 0.2) is 17.2 Å². The number of morpholine rings is 1. The van der Waals surface area contributed by atoms with E-state index >= 15 is 0 Å².